The molecule has 0 saturated heterocycles. The Morgan fingerprint density at radius 3 is 1.08 bits per heavy atom. The molecule has 3 aromatic rings. The molecule has 0 amide bonds. The van der Waals surface area contributed by atoms with E-state index in [2.05, 4.69) is 26.0 Å². The van der Waals surface area contributed by atoms with Crippen molar-refractivity contribution in [2.24, 2.45) is 0 Å². The molecule has 37 heavy (non-hydrogen) atoms. The number of ether oxygens (including phenoxy) is 6. The molecule has 6 nitrogen and oxygen atoms in total. The van der Waals surface area contributed by atoms with Gasteiger partial charge in [0.25, 0.3) is 0 Å². The van der Waals surface area contributed by atoms with Crippen molar-refractivity contribution in [3.8, 4) is 17.2 Å². The molecule has 0 bridgehead atoms. The second-order valence-electron chi connectivity index (χ2n) is 7.87. The van der Waals surface area contributed by atoms with Crippen molar-refractivity contribution in [3.05, 3.63) is 90.5 Å². The largest absolute Gasteiger partial charge is 0.491 e. The Kier molecular flexibility index (Phi) is 21.4. The summed E-state index contributed by atoms with van der Waals surface area (Å²) < 4.78 is 30.7. The maximum atomic E-state index is 5.46. The van der Waals surface area contributed by atoms with E-state index in [0.29, 0.717) is 45.6 Å². The Hall–Kier alpha value is -3.06. The summed E-state index contributed by atoms with van der Waals surface area (Å²) >= 11 is 0. The molecule has 0 heterocycles. The van der Waals surface area contributed by atoms with Gasteiger partial charge in [-0.25, -0.2) is 0 Å². The monoisotopic (exact) mass is 514 g/mol. The van der Waals surface area contributed by atoms with E-state index in [1.165, 1.54) is 5.56 Å². The Morgan fingerprint density at radius 1 is 0.459 bits per heavy atom. The van der Waals surface area contributed by atoms with Gasteiger partial charge in [0, 0.05) is 21.3 Å². The summed E-state index contributed by atoms with van der Waals surface area (Å²) in [5.74, 6) is 3.27. The molecular weight excluding hydrogens is 468 g/mol. The molecule has 3 rings (SSSR count). The number of rotatable bonds is 13. The molecule has 0 aromatic heterocycles. The zero-order chi connectivity index (χ0) is 26.3. The molecule has 0 atom stereocenters. The van der Waals surface area contributed by atoms with Crippen LogP contribution in [-0.4, -0.2) is 61.0 Å². The van der Waals surface area contributed by atoms with Gasteiger partial charge in [-0.05, 0) is 47.9 Å². The lowest BCUT2D eigenvalue weighted by molar-refractivity contribution is 0.146. The van der Waals surface area contributed by atoms with E-state index in [1.807, 2.05) is 72.8 Å². The summed E-state index contributed by atoms with van der Waals surface area (Å²) in [6, 6.07) is 27.6. The summed E-state index contributed by atoms with van der Waals surface area (Å²) in [6.45, 7) is 8.09. The van der Waals surface area contributed by atoms with Crippen LogP contribution in [0.15, 0.2) is 84.9 Å². The van der Waals surface area contributed by atoms with Crippen molar-refractivity contribution in [2.45, 2.75) is 27.2 Å². The Bertz CT molecular complexity index is 808. The van der Waals surface area contributed by atoms with Gasteiger partial charge in [-0.15, -0.1) is 0 Å². The van der Waals surface area contributed by atoms with Gasteiger partial charge in [-0.3, -0.25) is 0 Å². The number of para-hydroxylation sites is 2. The second-order valence-corrected chi connectivity index (χ2v) is 7.87. The van der Waals surface area contributed by atoms with Crippen molar-refractivity contribution < 1.29 is 28.4 Å². The zero-order valence-corrected chi connectivity index (χ0v) is 22.4. The van der Waals surface area contributed by atoms with Crippen molar-refractivity contribution in [2.75, 3.05) is 61.0 Å². The van der Waals surface area contributed by atoms with E-state index in [4.69, 9.17) is 28.4 Å². The lowest BCUT2D eigenvalue weighted by atomic mass is 10.0. The normalized spacial score (nSPS) is 9.68. The van der Waals surface area contributed by atoms with E-state index in [0.717, 1.165) is 17.2 Å². The molecule has 0 spiro atoms. The Labute approximate surface area is 224 Å². The minimum Gasteiger partial charge on any atom is -0.491 e. The zero-order valence-electron chi connectivity index (χ0n) is 22.4. The van der Waals surface area contributed by atoms with Crippen LogP contribution in [0.5, 0.6) is 17.2 Å². The lowest BCUT2D eigenvalue weighted by Crippen LogP contribution is -2.04. The van der Waals surface area contributed by atoms with Crippen LogP contribution in [0, 0.1) is 0 Å². The average Bonchev–Trinajstić information content (AvgIpc) is 2.91. The van der Waals surface area contributed by atoms with E-state index in [1.54, 1.807) is 21.3 Å². The fourth-order valence-electron chi connectivity index (χ4n) is 2.71. The van der Waals surface area contributed by atoms with E-state index in [-0.39, 0.29) is 7.43 Å². The summed E-state index contributed by atoms with van der Waals surface area (Å²) in [5, 5.41) is 0. The minimum absolute atomic E-state index is 0. The van der Waals surface area contributed by atoms with E-state index < -0.39 is 0 Å². The summed E-state index contributed by atoms with van der Waals surface area (Å²) in [4.78, 5) is 0. The highest BCUT2D eigenvalue weighted by Gasteiger charge is 1.99. The number of benzene rings is 3. The van der Waals surface area contributed by atoms with Gasteiger partial charge >= 0.3 is 0 Å². The quantitative estimate of drug-likeness (QED) is 0.231. The highest BCUT2D eigenvalue weighted by molar-refractivity contribution is 5.28. The van der Waals surface area contributed by atoms with Crippen molar-refractivity contribution >= 4 is 0 Å². The molecule has 0 unspecified atom stereocenters. The van der Waals surface area contributed by atoms with E-state index >= 15 is 0 Å². The first kappa shape index (κ1) is 33.9. The predicted octanol–water partition coefficient (Wildman–Crippen LogP) is 6.89. The molecule has 0 aliphatic rings. The molecule has 0 aliphatic heterocycles. The molecular formula is C31H46O6. The van der Waals surface area contributed by atoms with Gasteiger partial charge in [0.1, 0.15) is 37.1 Å². The molecule has 0 saturated carbocycles. The SMILES string of the molecule is C.COCCOc1ccc(C(C)C)cc1.COCCOc1ccccc1.COCCOc1ccccc1. The van der Waals surface area contributed by atoms with Crippen LogP contribution >= 0.6 is 0 Å². The average molecular weight is 515 g/mol. The van der Waals surface area contributed by atoms with Crippen molar-refractivity contribution in [1.82, 2.24) is 0 Å². The topological polar surface area (TPSA) is 55.4 Å². The number of hydrogen-bond donors (Lipinski definition) is 0. The lowest BCUT2D eigenvalue weighted by Gasteiger charge is -2.08. The van der Waals surface area contributed by atoms with Gasteiger partial charge in [-0.2, -0.15) is 0 Å². The van der Waals surface area contributed by atoms with Crippen molar-refractivity contribution in [1.29, 1.82) is 0 Å². The fraction of sp³-hybridized carbons (Fsp3) is 0.419. The molecule has 0 aliphatic carbocycles. The van der Waals surface area contributed by atoms with Crippen LogP contribution in [0.3, 0.4) is 0 Å². The second kappa shape index (κ2) is 23.3. The molecule has 0 fully saturated rings. The summed E-state index contributed by atoms with van der Waals surface area (Å²) in [6.07, 6.45) is 0. The van der Waals surface area contributed by atoms with Crippen LogP contribution in [0.2, 0.25) is 0 Å². The third-order valence-electron chi connectivity index (χ3n) is 4.70. The van der Waals surface area contributed by atoms with Crippen LogP contribution in [-0.2, 0) is 14.2 Å². The maximum Gasteiger partial charge on any atom is 0.119 e. The third-order valence-corrected chi connectivity index (χ3v) is 4.70. The first-order valence-electron chi connectivity index (χ1n) is 12.2. The Balaban J connectivity index is 0.000000524. The molecule has 3 aromatic carbocycles. The highest BCUT2D eigenvalue weighted by atomic mass is 16.5. The first-order chi connectivity index (χ1) is 17.6. The van der Waals surface area contributed by atoms with Gasteiger partial charge in [0.2, 0.25) is 0 Å². The predicted molar refractivity (Wildman–Crippen MR) is 152 cm³/mol. The fourth-order valence-corrected chi connectivity index (χ4v) is 2.71. The summed E-state index contributed by atoms with van der Waals surface area (Å²) in [5.41, 5.74) is 1.34. The van der Waals surface area contributed by atoms with Gasteiger partial charge in [0.15, 0.2) is 0 Å². The van der Waals surface area contributed by atoms with Crippen LogP contribution in [0.1, 0.15) is 32.8 Å². The number of hydrogen-bond acceptors (Lipinski definition) is 6. The maximum absolute atomic E-state index is 5.46. The molecule has 206 valence electrons. The van der Waals surface area contributed by atoms with Crippen LogP contribution < -0.4 is 14.2 Å². The Morgan fingerprint density at radius 2 is 0.784 bits per heavy atom. The van der Waals surface area contributed by atoms with Gasteiger partial charge < -0.3 is 28.4 Å². The van der Waals surface area contributed by atoms with Crippen LogP contribution in [0.4, 0.5) is 0 Å². The highest BCUT2D eigenvalue weighted by Crippen LogP contribution is 2.18. The van der Waals surface area contributed by atoms with Gasteiger partial charge in [0.05, 0.1) is 19.8 Å². The third kappa shape index (κ3) is 17.9. The molecule has 0 radical (unpaired) electrons. The molecule has 6 heteroatoms. The van der Waals surface area contributed by atoms with Crippen LogP contribution in [0.25, 0.3) is 0 Å². The minimum atomic E-state index is 0. The molecule has 0 N–H and O–H groups in total. The van der Waals surface area contributed by atoms with Gasteiger partial charge in [-0.1, -0.05) is 69.8 Å². The summed E-state index contributed by atoms with van der Waals surface area (Å²) in [7, 11) is 4.99. The van der Waals surface area contributed by atoms with Crippen molar-refractivity contribution in [3.63, 3.8) is 0 Å². The number of methoxy groups -OCH3 is 3. The van der Waals surface area contributed by atoms with E-state index in [9.17, 15) is 0 Å². The first-order valence-corrected chi connectivity index (χ1v) is 12.2. The smallest absolute Gasteiger partial charge is 0.119 e. The standard InChI is InChI=1S/C12H18O2.2C9H12O2.CH4/c1-10(2)11-4-6-12(7-5-11)14-9-8-13-3;2*1-10-7-8-11-9-5-3-2-4-6-9;/h4-7,10H,8-9H2,1-3H3;2*2-6H,7-8H2,1H3;1H4.